The van der Waals surface area contributed by atoms with E-state index in [0.29, 0.717) is 30.1 Å². The number of ether oxygens (including phenoxy) is 2. The van der Waals surface area contributed by atoms with E-state index < -0.39 is 16.3 Å². The summed E-state index contributed by atoms with van der Waals surface area (Å²) in [5.41, 5.74) is 1.95. The Kier molecular flexibility index (Phi) is 5.26. The van der Waals surface area contributed by atoms with Crippen LogP contribution in [0.25, 0.3) is 11.0 Å². The van der Waals surface area contributed by atoms with Crippen molar-refractivity contribution in [1.29, 1.82) is 0 Å². The fraction of sp³-hybridized carbons (Fsp3) is 0.350. The zero-order valence-electron chi connectivity index (χ0n) is 17.2. The zero-order chi connectivity index (χ0) is 22.4. The molecule has 0 radical (unpaired) electrons. The van der Waals surface area contributed by atoms with Crippen molar-refractivity contribution in [2.24, 2.45) is 0 Å². The molecule has 0 amide bonds. The molecule has 0 atom stereocenters. The predicted molar refractivity (Wildman–Crippen MR) is 111 cm³/mol. The second-order valence-electron chi connectivity index (χ2n) is 7.30. The minimum Gasteiger partial charge on any atom is -0.395 e. The first kappa shape index (κ1) is 21.3. The molecule has 0 aliphatic carbocycles. The molecule has 31 heavy (non-hydrogen) atoms. The molecule has 0 unspecified atom stereocenters. The number of hydrogen-bond acceptors (Lipinski definition) is 6. The van der Waals surface area contributed by atoms with Gasteiger partial charge in [-0.1, -0.05) is 6.92 Å². The standard InChI is InChI=1S/C20H22F2N4O4S/c1-4-9-26-16-7-6-14(31(27,28)25(2)3)11-15(16)24-19(26)12-23-13-5-8-17-18(10-13)30-20(21,22)29-17/h5-8,10-11,23H,4,9,12H2,1-3H3. The first-order valence-corrected chi connectivity index (χ1v) is 11.1. The SMILES string of the molecule is CCCn1c(CNc2ccc3c(c2)OC(F)(F)O3)nc2cc(S(=O)(=O)N(C)C)ccc21. The minimum atomic E-state index is -3.67. The average molecular weight is 452 g/mol. The lowest BCUT2D eigenvalue weighted by Crippen LogP contribution is -2.25. The van der Waals surface area contributed by atoms with Crippen molar-refractivity contribution in [3.8, 4) is 11.5 Å². The number of imidazole rings is 1. The van der Waals surface area contributed by atoms with Gasteiger partial charge >= 0.3 is 6.29 Å². The lowest BCUT2D eigenvalue weighted by Gasteiger charge is -2.12. The smallest absolute Gasteiger partial charge is 0.395 e. The summed E-state index contributed by atoms with van der Waals surface area (Å²) in [6.07, 6.45) is -2.81. The van der Waals surface area contributed by atoms with Crippen molar-refractivity contribution in [2.75, 3.05) is 19.4 Å². The van der Waals surface area contributed by atoms with Crippen LogP contribution in [0.4, 0.5) is 14.5 Å². The topological polar surface area (TPSA) is 85.7 Å². The van der Waals surface area contributed by atoms with Crippen molar-refractivity contribution in [1.82, 2.24) is 13.9 Å². The number of fused-ring (bicyclic) bond motifs is 2. The van der Waals surface area contributed by atoms with E-state index in [9.17, 15) is 17.2 Å². The highest BCUT2D eigenvalue weighted by atomic mass is 32.2. The first-order chi connectivity index (χ1) is 14.6. The minimum absolute atomic E-state index is 0.0246. The summed E-state index contributed by atoms with van der Waals surface area (Å²) in [5.74, 6) is 0.623. The van der Waals surface area contributed by atoms with E-state index in [1.165, 1.54) is 26.2 Å². The number of benzene rings is 2. The maximum atomic E-state index is 13.2. The number of hydrogen-bond donors (Lipinski definition) is 1. The highest BCUT2D eigenvalue weighted by molar-refractivity contribution is 7.89. The molecule has 2 aromatic carbocycles. The van der Waals surface area contributed by atoms with Crippen LogP contribution in [0.5, 0.6) is 11.5 Å². The summed E-state index contributed by atoms with van der Waals surface area (Å²) < 4.78 is 63.4. The Morgan fingerprint density at radius 3 is 2.58 bits per heavy atom. The van der Waals surface area contributed by atoms with Crippen molar-refractivity contribution in [3.05, 3.63) is 42.2 Å². The van der Waals surface area contributed by atoms with Gasteiger partial charge in [-0.2, -0.15) is 0 Å². The van der Waals surface area contributed by atoms with Crippen LogP contribution in [-0.4, -0.2) is 42.7 Å². The van der Waals surface area contributed by atoms with E-state index in [1.807, 2.05) is 11.5 Å². The quantitative estimate of drug-likeness (QED) is 0.589. The number of aryl methyl sites for hydroxylation is 1. The van der Waals surface area contributed by atoms with E-state index in [4.69, 9.17) is 0 Å². The molecule has 1 N–H and O–H groups in total. The molecule has 4 rings (SSSR count). The van der Waals surface area contributed by atoms with Crippen molar-refractivity contribution in [3.63, 3.8) is 0 Å². The molecule has 0 bridgehead atoms. The van der Waals surface area contributed by atoms with Gasteiger partial charge in [-0.05, 0) is 36.8 Å². The summed E-state index contributed by atoms with van der Waals surface area (Å²) in [6.45, 7) is 3.03. The molecular formula is C20H22F2N4O4S. The van der Waals surface area contributed by atoms with E-state index in [1.54, 1.807) is 24.3 Å². The van der Waals surface area contributed by atoms with Crippen LogP contribution in [-0.2, 0) is 23.1 Å². The number of alkyl halides is 2. The summed E-state index contributed by atoms with van der Waals surface area (Å²) in [5, 5.41) is 3.15. The molecule has 11 heteroatoms. The van der Waals surface area contributed by atoms with Gasteiger partial charge in [0.25, 0.3) is 0 Å². The molecule has 1 aliphatic heterocycles. The molecule has 1 aliphatic rings. The number of rotatable bonds is 7. The van der Waals surface area contributed by atoms with Gasteiger partial charge in [0.1, 0.15) is 5.82 Å². The van der Waals surface area contributed by atoms with Crippen LogP contribution in [0.3, 0.4) is 0 Å². The van der Waals surface area contributed by atoms with Gasteiger partial charge in [-0.15, -0.1) is 8.78 Å². The molecule has 2 heterocycles. The number of nitrogens with zero attached hydrogens (tertiary/aromatic N) is 3. The second kappa shape index (κ2) is 7.65. The maximum absolute atomic E-state index is 13.2. The van der Waals surface area contributed by atoms with Gasteiger partial charge in [0.15, 0.2) is 11.5 Å². The Labute approximate surface area is 178 Å². The number of halogens is 2. The van der Waals surface area contributed by atoms with Crippen LogP contribution in [0.1, 0.15) is 19.2 Å². The van der Waals surface area contributed by atoms with Crippen LogP contribution >= 0.6 is 0 Å². The molecule has 0 fully saturated rings. The number of sulfonamides is 1. The van der Waals surface area contributed by atoms with Gasteiger partial charge in [0.05, 0.1) is 22.5 Å². The van der Waals surface area contributed by atoms with E-state index in [2.05, 4.69) is 19.8 Å². The van der Waals surface area contributed by atoms with Crippen LogP contribution in [0.15, 0.2) is 41.3 Å². The molecule has 166 valence electrons. The summed E-state index contributed by atoms with van der Waals surface area (Å²) in [7, 11) is -0.618. The lowest BCUT2D eigenvalue weighted by atomic mass is 10.3. The number of anilines is 1. The molecule has 0 spiro atoms. The average Bonchev–Trinajstić information content (AvgIpc) is 3.20. The molecule has 8 nitrogen and oxygen atoms in total. The first-order valence-electron chi connectivity index (χ1n) is 9.66. The number of nitrogens with one attached hydrogen (secondary N) is 1. The summed E-state index contributed by atoms with van der Waals surface area (Å²) in [4.78, 5) is 4.79. The number of aromatic nitrogens is 2. The summed E-state index contributed by atoms with van der Waals surface area (Å²) in [6, 6.07) is 9.33. The molecule has 0 saturated carbocycles. The van der Waals surface area contributed by atoms with Crippen molar-refractivity contribution >= 4 is 26.7 Å². The fourth-order valence-corrected chi connectivity index (χ4v) is 4.30. The van der Waals surface area contributed by atoms with Gasteiger partial charge in [0, 0.05) is 32.4 Å². The third-order valence-corrected chi connectivity index (χ3v) is 6.69. The van der Waals surface area contributed by atoms with E-state index >= 15 is 0 Å². The lowest BCUT2D eigenvalue weighted by molar-refractivity contribution is -0.286. The van der Waals surface area contributed by atoms with E-state index in [0.717, 1.165) is 16.2 Å². The molecular weight excluding hydrogens is 430 g/mol. The Morgan fingerprint density at radius 1 is 1.13 bits per heavy atom. The Morgan fingerprint density at radius 2 is 1.87 bits per heavy atom. The third kappa shape index (κ3) is 4.02. The van der Waals surface area contributed by atoms with Gasteiger partial charge < -0.3 is 19.4 Å². The largest absolute Gasteiger partial charge is 0.586 e. The maximum Gasteiger partial charge on any atom is 0.586 e. The van der Waals surface area contributed by atoms with Crippen molar-refractivity contribution in [2.45, 2.75) is 37.6 Å². The Balaban J connectivity index is 1.62. The van der Waals surface area contributed by atoms with Gasteiger partial charge in [0.2, 0.25) is 10.0 Å². The van der Waals surface area contributed by atoms with Gasteiger partial charge in [-0.25, -0.2) is 17.7 Å². The van der Waals surface area contributed by atoms with Crippen LogP contribution < -0.4 is 14.8 Å². The summed E-state index contributed by atoms with van der Waals surface area (Å²) >= 11 is 0. The highest BCUT2D eigenvalue weighted by Gasteiger charge is 2.43. The fourth-order valence-electron chi connectivity index (χ4n) is 3.38. The monoisotopic (exact) mass is 452 g/mol. The second-order valence-corrected chi connectivity index (χ2v) is 9.45. The van der Waals surface area contributed by atoms with Crippen LogP contribution in [0.2, 0.25) is 0 Å². The Bertz CT molecular complexity index is 1240. The normalized spacial score (nSPS) is 15.0. The Hall–Kier alpha value is -2.92. The molecule has 1 aromatic heterocycles. The molecule has 3 aromatic rings. The third-order valence-electron chi connectivity index (χ3n) is 4.88. The van der Waals surface area contributed by atoms with Gasteiger partial charge in [-0.3, -0.25) is 0 Å². The highest BCUT2D eigenvalue weighted by Crippen LogP contribution is 2.42. The van der Waals surface area contributed by atoms with Crippen LogP contribution in [0, 0.1) is 0 Å². The zero-order valence-corrected chi connectivity index (χ0v) is 18.0. The predicted octanol–water partition coefficient (Wildman–Crippen LogP) is 3.63. The van der Waals surface area contributed by atoms with E-state index in [-0.39, 0.29) is 16.4 Å². The van der Waals surface area contributed by atoms with Crippen molar-refractivity contribution < 1.29 is 26.7 Å². The molecule has 0 saturated heterocycles.